The first-order chi connectivity index (χ1) is 12.1. The number of amides is 1. The summed E-state index contributed by atoms with van der Waals surface area (Å²) >= 11 is 3.55. The number of aliphatic hydroxyl groups is 2. The van der Waals surface area contributed by atoms with Crippen molar-refractivity contribution in [1.29, 1.82) is 0 Å². The van der Waals surface area contributed by atoms with Gasteiger partial charge in [-0.2, -0.15) is 0 Å². The van der Waals surface area contributed by atoms with Crippen molar-refractivity contribution in [2.75, 3.05) is 18.5 Å². The number of benzene rings is 1. The number of nitrogens with one attached hydrogen (secondary N) is 1. The van der Waals surface area contributed by atoms with E-state index in [1.54, 1.807) is 0 Å². The standard InChI is InChI=1S/C19H25BrN2O3/c20-15-7-4-8-17-19(15)16(10-22(17)14(11-23)12-24)21-18(25)9-13-5-2-1-3-6-13/h4,7-8,10,13-14,23-24H,1-3,5-6,9,11-12H2,(H,21,25). The van der Waals surface area contributed by atoms with Crippen molar-refractivity contribution >= 4 is 38.4 Å². The van der Waals surface area contributed by atoms with E-state index in [1.165, 1.54) is 19.3 Å². The summed E-state index contributed by atoms with van der Waals surface area (Å²) in [7, 11) is 0. The minimum atomic E-state index is -0.430. The molecule has 3 N–H and O–H groups in total. The lowest BCUT2D eigenvalue weighted by molar-refractivity contribution is -0.117. The van der Waals surface area contributed by atoms with Gasteiger partial charge >= 0.3 is 0 Å². The SMILES string of the molecule is O=C(CC1CCCCC1)Nc1cn(C(CO)CO)c2cccc(Br)c12. The van der Waals surface area contributed by atoms with Crippen LogP contribution < -0.4 is 5.32 Å². The van der Waals surface area contributed by atoms with Crippen LogP contribution in [-0.2, 0) is 4.79 Å². The van der Waals surface area contributed by atoms with E-state index >= 15 is 0 Å². The van der Waals surface area contributed by atoms with Crippen molar-refractivity contribution in [3.63, 3.8) is 0 Å². The third-order valence-corrected chi connectivity index (χ3v) is 5.76. The zero-order chi connectivity index (χ0) is 17.8. The maximum Gasteiger partial charge on any atom is 0.224 e. The molecular formula is C19H25BrN2O3. The van der Waals surface area contributed by atoms with Crippen molar-refractivity contribution in [3.05, 3.63) is 28.9 Å². The Hall–Kier alpha value is -1.37. The minimum Gasteiger partial charge on any atom is -0.394 e. The Morgan fingerprint density at radius 3 is 2.64 bits per heavy atom. The number of rotatable bonds is 6. The molecule has 1 aliphatic carbocycles. The van der Waals surface area contributed by atoms with Crippen LogP contribution in [0.3, 0.4) is 0 Å². The molecule has 0 spiro atoms. The molecule has 1 amide bonds. The maximum atomic E-state index is 12.5. The first kappa shape index (κ1) is 18.4. The lowest BCUT2D eigenvalue weighted by atomic mass is 9.87. The highest BCUT2D eigenvalue weighted by Crippen LogP contribution is 2.35. The van der Waals surface area contributed by atoms with Gasteiger partial charge in [0.25, 0.3) is 0 Å². The molecule has 5 nitrogen and oxygen atoms in total. The number of hydrogen-bond donors (Lipinski definition) is 3. The van der Waals surface area contributed by atoms with E-state index in [9.17, 15) is 15.0 Å². The second-order valence-electron chi connectivity index (χ2n) is 6.86. The van der Waals surface area contributed by atoms with Crippen molar-refractivity contribution < 1.29 is 15.0 Å². The topological polar surface area (TPSA) is 74.5 Å². The minimum absolute atomic E-state index is 0.0336. The van der Waals surface area contributed by atoms with Gasteiger partial charge in [-0.1, -0.05) is 41.3 Å². The van der Waals surface area contributed by atoms with Gasteiger partial charge in [-0.15, -0.1) is 0 Å². The number of hydrogen-bond acceptors (Lipinski definition) is 3. The lowest BCUT2D eigenvalue weighted by Crippen LogP contribution is -2.18. The molecule has 0 bridgehead atoms. The van der Waals surface area contributed by atoms with E-state index in [0.717, 1.165) is 33.9 Å². The van der Waals surface area contributed by atoms with Crippen LogP contribution in [0.2, 0.25) is 0 Å². The summed E-state index contributed by atoms with van der Waals surface area (Å²) < 4.78 is 2.71. The third-order valence-electron chi connectivity index (χ3n) is 5.10. The molecular weight excluding hydrogens is 384 g/mol. The Morgan fingerprint density at radius 2 is 1.96 bits per heavy atom. The molecule has 1 aromatic carbocycles. The molecule has 0 radical (unpaired) electrons. The lowest BCUT2D eigenvalue weighted by Gasteiger charge is -2.20. The molecule has 1 fully saturated rings. The van der Waals surface area contributed by atoms with E-state index in [2.05, 4.69) is 21.2 Å². The average Bonchev–Trinajstić information content (AvgIpc) is 2.96. The molecule has 0 atom stereocenters. The summed E-state index contributed by atoms with van der Waals surface area (Å²) in [5.41, 5.74) is 1.59. The predicted octanol–water partition coefficient (Wildman–Crippen LogP) is 3.84. The second kappa shape index (κ2) is 8.34. The van der Waals surface area contributed by atoms with Gasteiger partial charge in [0.15, 0.2) is 0 Å². The number of aliphatic hydroxyl groups excluding tert-OH is 2. The van der Waals surface area contributed by atoms with Gasteiger partial charge < -0.3 is 20.1 Å². The second-order valence-corrected chi connectivity index (χ2v) is 7.71. The van der Waals surface area contributed by atoms with Crippen LogP contribution in [0.5, 0.6) is 0 Å². The Balaban J connectivity index is 1.86. The highest BCUT2D eigenvalue weighted by Gasteiger charge is 2.21. The zero-order valence-electron chi connectivity index (χ0n) is 14.2. The molecule has 1 saturated carbocycles. The highest BCUT2D eigenvalue weighted by molar-refractivity contribution is 9.10. The van der Waals surface area contributed by atoms with Crippen LogP contribution in [0.4, 0.5) is 5.69 Å². The first-order valence-corrected chi connectivity index (χ1v) is 9.74. The quantitative estimate of drug-likeness (QED) is 0.679. The summed E-state index contributed by atoms with van der Waals surface area (Å²) in [6.07, 6.45) is 8.36. The fourth-order valence-electron chi connectivity index (χ4n) is 3.75. The molecule has 136 valence electrons. The van der Waals surface area contributed by atoms with Crippen LogP contribution >= 0.6 is 15.9 Å². The van der Waals surface area contributed by atoms with Crippen molar-refractivity contribution in [2.24, 2.45) is 5.92 Å². The Bertz CT molecular complexity index is 734. The van der Waals surface area contributed by atoms with E-state index < -0.39 is 6.04 Å². The number of aromatic nitrogens is 1. The van der Waals surface area contributed by atoms with E-state index in [4.69, 9.17) is 0 Å². The van der Waals surface area contributed by atoms with Crippen LogP contribution in [0.25, 0.3) is 10.9 Å². The number of halogens is 1. The van der Waals surface area contributed by atoms with E-state index in [-0.39, 0.29) is 19.1 Å². The maximum absolute atomic E-state index is 12.5. The number of carbonyl (C=O) groups is 1. The van der Waals surface area contributed by atoms with Crippen LogP contribution in [0.1, 0.15) is 44.6 Å². The van der Waals surface area contributed by atoms with Gasteiger partial charge in [-0.25, -0.2) is 0 Å². The van der Waals surface area contributed by atoms with Crippen LogP contribution in [0, 0.1) is 5.92 Å². The highest BCUT2D eigenvalue weighted by atomic mass is 79.9. The number of carbonyl (C=O) groups excluding carboxylic acids is 1. The van der Waals surface area contributed by atoms with E-state index in [0.29, 0.717) is 12.3 Å². The predicted molar refractivity (Wildman–Crippen MR) is 103 cm³/mol. The fourth-order valence-corrected chi connectivity index (χ4v) is 4.32. The monoisotopic (exact) mass is 408 g/mol. The van der Waals surface area contributed by atoms with Crippen molar-refractivity contribution in [3.8, 4) is 0 Å². The number of fused-ring (bicyclic) bond motifs is 1. The number of anilines is 1. The van der Waals surface area contributed by atoms with Crippen molar-refractivity contribution in [2.45, 2.75) is 44.6 Å². The molecule has 1 heterocycles. The molecule has 3 rings (SSSR count). The largest absolute Gasteiger partial charge is 0.394 e. The summed E-state index contributed by atoms with van der Waals surface area (Å²) in [6.45, 7) is -0.329. The Labute approximate surface area is 156 Å². The smallest absolute Gasteiger partial charge is 0.224 e. The molecule has 0 aliphatic heterocycles. The zero-order valence-corrected chi connectivity index (χ0v) is 15.8. The molecule has 6 heteroatoms. The molecule has 25 heavy (non-hydrogen) atoms. The van der Waals surface area contributed by atoms with Crippen LogP contribution in [0.15, 0.2) is 28.9 Å². The Morgan fingerprint density at radius 1 is 1.24 bits per heavy atom. The molecule has 2 aromatic rings. The van der Waals surface area contributed by atoms with Gasteiger partial charge in [0.1, 0.15) is 0 Å². The van der Waals surface area contributed by atoms with Gasteiger partial charge in [-0.05, 0) is 30.9 Å². The first-order valence-electron chi connectivity index (χ1n) is 8.94. The third kappa shape index (κ3) is 4.07. The fraction of sp³-hybridized carbons (Fsp3) is 0.526. The molecule has 1 aromatic heterocycles. The normalized spacial score (nSPS) is 15.8. The van der Waals surface area contributed by atoms with Gasteiger partial charge in [0.2, 0.25) is 5.91 Å². The van der Waals surface area contributed by atoms with Gasteiger partial charge in [0.05, 0.1) is 30.5 Å². The summed E-state index contributed by atoms with van der Waals surface area (Å²) in [6, 6.07) is 5.33. The van der Waals surface area contributed by atoms with Gasteiger partial charge in [0, 0.05) is 22.5 Å². The van der Waals surface area contributed by atoms with Crippen molar-refractivity contribution in [1.82, 2.24) is 4.57 Å². The Kier molecular flexibility index (Phi) is 6.15. The average molecular weight is 409 g/mol. The van der Waals surface area contributed by atoms with Crippen LogP contribution in [-0.4, -0.2) is 33.9 Å². The molecule has 1 aliphatic rings. The molecule has 0 saturated heterocycles. The summed E-state index contributed by atoms with van der Waals surface area (Å²) in [4.78, 5) is 12.5. The summed E-state index contributed by atoms with van der Waals surface area (Å²) in [5.74, 6) is 0.513. The van der Waals surface area contributed by atoms with Gasteiger partial charge in [-0.3, -0.25) is 4.79 Å². The number of nitrogens with zero attached hydrogens (tertiary/aromatic N) is 1. The van der Waals surface area contributed by atoms with E-state index in [1.807, 2.05) is 29.0 Å². The summed E-state index contributed by atoms with van der Waals surface area (Å²) in [5, 5.41) is 23.0. The molecule has 0 unspecified atom stereocenters.